The number of fused-ring (bicyclic) bond motifs is 1. The molecule has 1 aliphatic rings. The number of carbonyl (C=O) groups excluding carboxylic acids is 1. The maximum Gasteiger partial charge on any atom is 0.232 e. The van der Waals surface area contributed by atoms with E-state index in [1.807, 2.05) is 13.0 Å². The van der Waals surface area contributed by atoms with E-state index in [0.29, 0.717) is 12.1 Å². The highest BCUT2D eigenvalue weighted by molar-refractivity contribution is 7.92. The molecule has 18 heavy (non-hydrogen) atoms. The van der Waals surface area contributed by atoms with Gasteiger partial charge in [0.2, 0.25) is 15.9 Å². The van der Waals surface area contributed by atoms with Gasteiger partial charge in [-0.2, -0.15) is 0 Å². The zero-order valence-electron chi connectivity index (χ0n) is 10.6. The molecular formula is C12H16N2O3S. The van der Waals surface area contributed by atoms with Crippen molar-refractivity contribution in [3.8, 4) is 0 Å². The van der Waals surface area contributed by atoms with Gasteiger partial charge in [-0.15, -0.1) is 0 Å². The van der Waals surface area contributed by atoms with Gasteiger partial charge in [0.25, 0.3) is 0 Å². The number of hydrogen-bond acceptors (Lipinski definition) is 3. The van der Waals surface area contributed by atoms with E-state index in [2.05, 4.69) is 4.72 Å². The molecule has 1 N–H and O–H groups in total. The SMILES string of the molecule is CCS(=O)(=O)Nc1cc2c(cc1C)N(C)C(=O)C2. The predicted molar refractivity (Wildman–Crippen MR) is 71.4 cm³/mol. The number of anilines is 2. The van der Waals surface area contributed by atoms with Crippen LogP contribution in [0.5, 0.6) is 0 Å². The van der Waals surface area contributed by atoms with E-state index in [4.69, 9.17) is 0 Å². The second kappa shape index (κ2) is 4.28. The summed E-state index contributed by atoms with van der Waals surface area (Å²) in [5.74, 6) is 0.0578. The van der Waals surface area contributed by atoms with Crippen LogP contribution in [-0.2, 0) is 21.2 Å². The Hall–Kier alpha value is -1.56. The Bertz CT molecular complexity index is 608. The van der Waals surface area contributed by atoms with Crippen LogP contribution < -0.4 is 9.62 Å². The van der Waals surface area contributed by atoms with Crippen molar-refractivity contribution in [2.24, 2.45) is 0 Å². The zero-order valence-corrected chi connectivity index (χ0v) is 11.5. The van der Waals surface area contributed by atoms with Gasteiger partial charge in [0.15, 0.2) is 0 Å². The van der Waals surface area contributed by atoms with Crippen LogP contribution in [0.25, 0.3) is 0 Å². The molecule has 98 valence electrons. The van der Waals surface area contributed by atoms with Crippen LogP contribution in [0.1, 0.15) is 18.1 Å². The predicted octanol–water partition coefficient (Wildman–Crippen LogP) is 1.28. The summed E-state index contributed by atoms with van der Waals surface area (Å²) in [5.41, 5.74) is 3.09. The fraction of sp³-hybridized carbons (Fsp3) is 0.417. The summed E-state index contributed by atoms with van der Waals surface area (Å²) < 4.78 is 25.7. The zero-order chi connectivity index (χ0) is 13.5. The molecule has 0 fully saturated rings. The van der Waals surface area contributed by atoms with Gasteiger partial charge < -0.3 is 4.90 Å². The van der Waals surface area contributed by atoms with Crippen molar-refractivity contribution in [1.82, 2.24) is 0 Å². The first-order valence-corrected chi connectivity index (χ1v) is 7.40. The molecule has 6 heteroatoms. The average Bonchev–Trinajstić information content (AvgIpc) is 2.56. The van der Waals surface area contributed by atoms with Crippen LogP contribution in [-0.4, -0.2) is 27.1 Å². The van der Waals surface area contributed by atoms with E-state index in [-0.39, 0.29) is 11.7 Å². The van der Waals surface area contributed by atoms with Crippen LogP contribution in [0, 0.1) is 6.92 Å². The molecule has 1 amide bonds. The van der Waals surface area contributed by atoms with Crippen LogP contribution in [0.4, 0.5) is 11.4 Å². The number of benzene rings is 1. The summed E-state index contributed by atoms with van der Waals surface area (Å²) in [5, 5.41) is 0. The third-order valence-electron chi connectivity index (χ3n) is 3.15. The molecule has 1 heterocycles. The number of nitrogens with one attached hydrogen (secondary N) is 1. The van der Waals surface area contributed by atoms with Crippen molar-refractivity contribution in [2.75, 3.05) is 22.4 Å². The molecule has 1 aliphatic heterocycles. The van der Waals surface area contributed by atoms with Crippen molar-refractivity contribution in [3.05, 3.63) is 23.3 Å². The lowest BCUT2D eigenvalue weighted by Crippen LogP contribution is -2.20. The maximum absolute atomic E-state index is 11.6. The normalized spacial score (nSPS) is 14.8. The smallest absolute Gasteiger partial charge is 0.232 e. The molecule has 0 unspecified atom stereocenters. The lowest BCUT2D eigenvalue weighted by Gasteiger charge is -2.14. The molecule has 0 aromatic heterocycles. The number of aryl methyl sites for hydroxylation is 1. The molecule has 0 spiro atoms. The lowest BCUT2D eigenvalue weighted by molar-refractivity contribution is -0.117. The van der Waals surface area contributed by atoms with Crippen LogP contribution in [0.2, 0.25) is 0 Å². The monoisotopic (exact) mass is 268 g/mol. The minimum Gasteiger partial charge on any atom is -0.315 e. The topological polar surface area (TPSA) is 66.5 Å². The van der Waals surface area contributed by atoms with E-state index >= 15 is 0 Å². The van der Waals surface area contributed by atoms with Crippen LogP contribution in [0.3, 0.4) is 0 Å². The molecule has 0 atom stereocenters. The summed E-state index contributed by atoms with van der Waals surface area (Å²) >= 11 is 0. The number of hydrogen-bond donors (Lipinski definition) is 1. The van der Waals surface area contributed by atoms with Crippen molar-refractivity contribution in [3.63, 3.8) is 0 Å². The number of sulfonamides is 1. The Morgan fingerprint density at radius 3 is 2.67 bits per heavy atom. The molecule has 5 nitrogen and oxygen atoms in total. The highest BCUT2D eigenvalue weighted by Crippen LogP contribution is 2.32. The van der Waals surface area contributed by atoms with Gasteiger partial charge in [0.1, 0.15) is 0 Å². The first-order valence-electron chi connectivity index (χ1n) is 5.74. The number of nitrogens with zero attached hydrogens (tertiary/aromatic N) is 1. The lowest BCUT2D eigenvalue weighted by atomic mass is 10.1. The Balaban J connectivity index is 2.42. The summed E-state index contributed by atoms with van der Waals surface area (Å²) in [6, 6.07) is 3.59. The average molecular weight is 268 g/mol. The molecule has 0 radical (unpaired) electrons. The van der Waals surface area contributed by atoms with E-state index in [1.165, 1.54) is 0 Å². The standard InChI is InChI=1S/C12H16N2O3S/c1-4-18(16,17)13-10-6-9-7-12(15)14(3)11(9)5-8(10)2/h5-6,13H,4,7H2,1-3H3. The number of likely N-dealkylation sites (N-methyl/N-ethyl adjacent to an activating group) is 1. The van der Waals surface area contributed by atoms with Crippen molar-refractivity contribution in [2.45, 2.75) is 20.3 Å². The van der Waals surface area contributed by atoms with Gasteiger partial charge in [-0.05, 0) is 37.1 Å². The largest absolute Gasteiger partial charge is 0.315 e. The van der Waals surface area contributed by atoms with E-state index in [1.54, 1.807) is 24.9 Å². The second-order valence-electron chi connectivity index (χ2n) is 4.43. The van der Waals surface area contributed by atoms with Gasteiger partial charge in [0, 0.05) is 12.7 Å². The quantitative estimate of drug-likeness (QED) is 0.898. The maximum atomic E-state index is 11.6. The number of carbonyl (C=O) groups is 1. The van der Waals surface area contributed by atoms with Gasteiger partial charge in [0.05, 0.1) is 17.9 Å². The van der Waals surface area contributed by atoms with E-state index in [9.17, 15) is 13.2 Å². The number of amides is 1. The molecule has 0 saturated carbocycles. The van der Waals surface area contributed by atoms with Crippen molar-refractivity contribution >= 4 is 27.3 Å². The summed E-state index contributed by atoms with van der Waals surface area (Å²) in [7, 11) is -1.56. The first-order chi connectivity index (χ1) is 8.34. The summed E-state index contributed by atoms with van der Waals surface area (Å²) in [4.78, 5) is 13.2. The molecule has 1 aromatic rings. The Morgan fingerprint density at radius 1 is 1.39 bits per heavy atom. The Labute approximate surface area is 107 Å². The van der Waals surface area contributed by atoms with Crippen molar-refractivity contribution in [1.29, 1.82) is 0 Å². The third-order valence-corrected chi connectivity index (χ3v) is 4.44. The fourth-order valence-corrected chi connectivity index (χ4v) is 2.66. The number of rotatable bonds is 3. The Kier molecular flexibility index (Phi) is 3.06. The van der Waals surface area contributed by atoms with Gasteiger partial charge in [-0.25, -0.2) is 8.42 Å². The molecule has 0 saturated heterocycles. The fourth-order valence-electron chi connectivity index (χ4n) is 1.96. The summed E-state index contributed by atoms with van der Waals surface area (Å²) in [6.45, 7) is 3.41. The third kappa shape index (κ3) is 2.20. The van der Waals surface area contributed by atoms with Gasteiger partial charge in [-0.3, -0.25) is 9.52 Å². The van der Waals surface area contributed by atoms with Gasteiger partial charge in [-0.1, -0.05) is 0 Å². The highest BCUT2D eigenvalue weighted by atomic mass is 32.2. The minimum atomic E-state index is -3.29. The van der Waals surface area contributed by atoms with Crippen LogP contribution in [0.15, 0.2) is 12.1 Å². The Morgan fingerprint density at radius 2 is 2.06 bits per heavy atom. The van der Waals surface area contributed by atoms with Gasteiger partial charge >= 0.3 is 0 Å². The second-order valence-corrected chi connectivity index (χ2v) is 6.44. The van der Waals surface area contributed by atoms with Crippen molar-refractivity contribution < 1.29 is 13.2 Å². The highest BCUT2D eigenvalue weighted by Gasteiger charge is 2.25. The van der Waals surface area contributed by atoms with E-state index < -0.39 is 10.0 Å². The summed E-state index contributed by atoms with van der Waals surface area (Å²) in [6.07, 6.45) is 0.326. The molecular weight excluding hydrogens is 252 g/mol. The molecule has 0 aliphatic carbocycles. The molecule has 1 aromatic carbocycles. The molecule has 2 rings (SSSR count). The minimum absolute atomic E-state index is 0.0277. The van der Waals surface area contributed by atoms with E-state index in [0.717, 1.165) is 16.8 Å². The first kappa shape index (κ1) is 12.9. The molecule has 0 bridgehead atoms. The van der Waals surface area contributed by atoms with Crippen LogP contribution >= 0.6 is 0 Å².